The van der Waals surface area contributed by atoms with E-state index in [4.69, 9.17) is 5.73 Å². The van der Waals surface area contributed by atoms with E-state index in [1.807, 2.05) is 36.4 Å². The number of benzene rings is 2. The third-order valence-electron chi connectivity index (χ3n) is 3.01. The van der Waals surface area contributed by atoms with E-state index in [1.54, 1.807) is 6.20 Å². The zero-order valence-corrected chi connectivity index (χ0v) is 10.8. The van der Waals surface area contributed by atoms with Crippen molar-refractivity contribution < 1.29 is 0 Å². The number of hydrogen-bond donors (Lipinski definition) is 2. The van der Waals surface area contributed by atoms with Gasteiger partial charge in [0.1, 0.15) is 6.33 Å². The van der Waals surface area contributed by atoms with Crippen LogP contribution in [0.5, 0.6) is 0 Å². The van der Waals surface area contributed by atoms with Gasteiger partial charge in [0.15, 0.2) is 5.82 Å². The fourth-order valence-electron chi connectivity index (χ4n) is 2.03. The van der Waals surface area contributed by atoms with E-state index >= 15 is 0 Å². The Bertz CT molecular complexity index is 710. The molecule has 0 bridgehead atoms. The minimum absolute atomic E-state index is 0.523. The van der Waals surface area contributed by atoms with Crippen LogP contribution in [0.15, 0.2) is 67.1 Å². The van der Waals surface area contributed by atoms with Crippen LogP contribution in [0.1, 0.15) is 0 Å². The van der Waals surface area contributed by atoms with Crippen molar-refractivity contribution in [3.8, 4) is 11.1 Å². The van der Waals surface area contributed by atoms with E-state index in [2.05, 4.69) is 33.5 Å². The van der Waals surface area contributed by atoms with Crippen molar-refractivity contribution in [2.24, 2.45) is 0 Å². The van der Waals surface area contributed by atoms with Gasteiger partial charge in [-0.25, -0.2) is 9.97 Å². The second-order valence-electron chi connectivity index (χ2n) is 4.36. The maximum atomic E-state index is 5.87. The molecule has 2 aromatic carbocycles. The molecule has 20 heavy (non-hydrogen) atoms. The van der Waals surface area contributed by atoms with Crippen LogP contribution in [0.3, 0.4) is 0 Å². The molecular weight excluding hydrogens is 248 g/mol. The standard InChI is InChI=1S/C16H14N4/c17-14-10-18-11-19-16(14)20-15-9-5-4-8-13(15)12-6-2-1-3-7-12/h1-11H,17H2,(H,18,19,20). The molecule has 0 fully saturated rings. The highest BCUT2D eigenvalue weighted by atomic mass is 15.0. The average Bonchev–Trinajstić information content (AvgIpc) is 2.51. The lowest BCUT2D eigenvalue weighted by molar-refractivity contribution is 1.17. The molecule has 98 valence electrons. The molecule has 0 atom stereocenters. The molecule has 0 aliphatic heterocycles. The molecule has 0 amide bonds. The average molecular weight is 262 g/mol. The third kappa shape index (κ3) is 2.44. The molecule has 0 saturated heterocycles. The van der Waals surface area contributed by atoms with Crippen LogP contribution in [-0.4, -0.2) is 9.97 Å². The first kappa shape index (κ1) is 12.2. The van der Waals surface area contributed by atoms with Gasteiger partial charge >= 0.3 is 0 Å². The highest BCUT2D eigenvalue weighted by Gasteiger charge is 2.06. The van der Waals surface area contributed by atoms with Gasteiger partial charge in [0.2, 0.25) is 0 Å². The Hall–Kier alpha value is -2.88. The van der Waals surface area contributed by atoms with Gasteiger partial charge in [0.05, 0.1) is 11.9 Å². The van der Waals surface area contributed by atoms with E-state index in [-0.39, 0.29) is 0 Å². The van der Waals surface area contributed by atoms with Crippen LogP contribution in [0.25, 0.3) is 11.1 Å². The number of anilines is 3. The minimum atomic E-state index is 0.523. The Morgan fingerprint density at radius 2 is 1.65 bits per heavy atom. The summed E-state index contributed by atoms with van der Waals surface area (Å²) in [6.45, 7) is 0. The Kier molecular flexibility index (Phi) is 3.29. The number of nitrogens with two attached hydrogens (primary N) is 1. The number of rotatable bonds is 3. The number of para-hydroxylation sites is 1. The molecule has 3 rings (SSSR count). The monoisotopic (exact) mass is 262 g/mol. The smallest absolute Gasteiger partial charge is 0.157 e. The molecule has 0 radical (unpaired) electrons. The van der Waals surface area contributed by atoms with E-state index in [0.29, 0.717) is 11.5 Å². The molecule has 0 aliphatic carbocycles. The van der Waals surface area contributed by atoms with Gasteiger partial charge < -0.3 is 11.1 Å². The normalized spacial score (nSPS) is 10.2. The summed E-state index contributed by atoms with van der Waals surface area (Å²) in [5.74, 6) is 0.614. The highest BCUT2D eigenvalue weighted by molar-refractivity contribution is 5.82. The van der Waals surface area contributed by atoms with Crippen LogP contribution < -0.4 is 11.1 Å². The molecule has 3 aromatic rings. The first-order chi connectivity index (χ1) is 9.84. The maximum absolute atomic E-state index is 5.87. The molecule has 3 N–H and O–H groups in total. The van der Waals surface area contributed by atoms with Gasteiger partial charge in [-0.2, -0.15) is 0 Å². The van der Waals surface area contributed by atoms with E-state index < -0.39 is 0 Å². The third-order valence-corrected chi connectivity index (χ3v) is 3.01. The first-order valence-electron chi connectivity index (χ1n) is 6.31. The van der Waals surface area contributed by atoms with E-state index in [9.17, 15) is 0 Å². The van der Waals surface area contributed by atoms with Gasteiger partial charge in [0.25, 0.3) is 0 Å². The van der Waals surface area contributed by atoms with Crippen LogP contribution in [0, 0.1) is 0 Å². The summed E-state index contributed by atoms with van der Waals surface area (Å²) < 4.78 is 0. The molecule has 4 nitrogen and oxygen atoms in total. The summed E-state index contributed by atoms with van der Waals surface area (Å²) in [4.78, 5) is 8.05. The zero-order valence-electron chi connectivity index (χ0n) is 10.8. The molecule has 4 heteroatoms. The predicted molar refractivity (Wildman–Crippen MR) is 81.6 cm³/mol. The Morgan fingerprint density at radius 1 is 0.900 bits per heavy atom. The van der Waals surface area contributed by atoms with Crippen molar-refractivity contribution in [2.45, 2.75) is 0 Å². The highest BCUT2D eigenvalue weighted by Crippen LogP contribution is 2.30. The summed E-state index contributed by atoms with van der Waals surface area (Å²) in [7, 11) is 0. The lowest BCUT2D eigenvalue weighted by atomic mass is 10.0. The summed E-state index contributed by atoms with van der Waals surface area (Å²) in [5, 5.41) is 3.26. The van der Waals surface area contributed by atoms with Crippen molar-refractivity contribution in [3.05, 3.63) is 67.1 Å². The quantitative estimate of drug-likeness (QED) is 0.758. The SMILES string of the molecule is Nc1cncnc1Nc1ccccc1-c1ccccc1. The number of aromatic nitrogens is 2. The summed E-state index contributed by atoms with van der Waals surface area (Å²) in [6.07, 6.45) is 3.06. The van der Waals surface area contributed by atoms with Crippen molar-refractivity contribution in [1.82, 2.24) is 9.97 Å². The van der Waals surface area contributed by atoms with Gasteiger partial charge in [-0.1, -0.05) is 48.5 Å². The van der Waals surface area contributed by atoms with Crippen LogP contribution in [0.2, 0.25) is 0 Å². The molecule has 0 spiro atoms. The first-order valence-corrected chi connectivity index (χ1v) is 6.31. The second-order valence-corrected chi connectivity index (χ2v) is 4.36. The molecule has 1 heterocycles. The summed E-state index contributed by atoms with van der Waals surface area (Å²) in [5.41, 5.74) is 9.60. The Balaban J connectivity index is 2.01. The number of nitrogen functional groups attached to an aromatic ring is 1. The maximum Gasteiger partial charge on any atom is 0.157 e. The fourth-order valence-corrected chi connectivity index (χ4v) is 2.03. The number of nitrogens with one attached hydrogen (secondary N) is 1. The number of hydrogen-bond acceptors (Lipinski definition) is 4. The van der Waals surface area contributed by atoms with Crippen molar-refractivity contribution in [2.75, 3.05) is 11.1 Å². The number of nitrogens with zero attached hydrogens (tertiary/aromatic N) is 2. The Labute approximate surface area is 117 Å². The van der Waals surface area contributed by atoms with Gasteiger partial charge in [-0.3, -0.25) is 0 Å². The largest absolute Gasteiger partial charge is 0.394 e. The zero-order chi connectivity index (χ0) is 13.8. The van der Waals surface area contributed by atoms with Gasteiger partial charge in [0, 0.05) is 11.3 Å². The van der Waals surface area contributed by atoms with Crippen molar-refractivity contribution in [3.63, 3.8) is 0 Å². The fraction of sp³-hybridized carbons (Fsp3) is 0. The van der Waals surface area contributed by atoms with Crippen molar-refractivity contribution in [1.29, 1.82) is 0 Å². The second kappa shape index (κ2) is 5.40. The van der Waals surface area contributed by atoms with E-state index in [0.717, 1.165) is 16.8 Å². The lowest BCUT2D eigenvalue weighted by Crippen LogP contribution is -2.00. The predicted octanol–water partition coefficient (Wildman–Crippen LogP) is 3.47. The van der Waals surface area contributed by atoms with Gasteiger partial charge in [-0.05, 0) is 11.6 Å². The molecule has 0 saturated carbocycles. The van der Waals surface area contributed by atoms with Gasteiger partial charge in [-0.15, -0.1) is 0 Å². The summed E-state index contributed by atoms with van der Waals surface area (Å²) in [6, 6.07) is 18.2. The molecule has 1 aromatic heterocycles. The lowest BCUT2D eigenvalue weighted by Gasteiger charge is -2.12. The van der Waals surface area contributed by atoms with Crippen LogP contribution in [0.4, 0.5) is 17.2 Å². The Morgan fingerprint density at radius 3 is 2.45 bits per heavy atom. The molecular formula is C16H14N4. The minimum Gasteiger partial charge on any atom is -0.394 e. The molecule has 0 aliphatic rings. The van der Waals surface area contributed by atoms with Crippen molar-refractivity contribution >= 4 is 17.2 Å². The molecule has 0 unspecified atom stereocenters. The topological polar surface area (TPSA) is 63.8 Å². The van der Waals surface area contributed by atoms with Crippen LogP contribution >= 0.6 is 0 Å². The van der Waals surface area contributed by atoms with E-state index in [1.165, 1.54) is 6.33 Å². The summed E-state index contributed by atoms with van der Waals surface area (Å²) >= 11 is 0. The van der Waals surface area contributed by atoms with Crippen LogP contribution in [-0.2, 0) is 0 Å².